The van der Waals surface area contributed by atoms with E-state index < -0.39 is 0 Å². The Hall–Kier alpha value is -1.38. The summed E-state index contributed by atoms with van der Waals surface area (Å²) in [6, 6.07) is 3.87. The standard InChI is InChI=1S/C10H16N2O/c1-7-5-9(12(2)3)10(13-4)6-8(7)11/h5-6H,11H2,1-4H3. The summed E-state index contributed by atoms with van der Waals surface area (Å²) in [5.74, 6) is 0.813. The van der Waals surface area contributed by atoms with Gasteiger partial charge in [-0.1, -0.05) is 0 Å². The highest BCUT2D eigenvalue weighted by Gasteiger charge is 2.07. The van der Waals surface area contributed by atoms with Gasteiger partial charge < -0.3 is 15.4 Å². The van der Waals surface area contributed by atoms with Crippen LogP contribution in [0.25, 0.3) is 0 Å². The van der Waals surface area contributed by atoms with E-state index in [0.717, 1.165) is 22.7 Å². The highest BCUT2D eigenvalue weighted by Crippen LogP contribution is 2.31. The summed E-state index contributed by atoms with van der Waals surface area (Å²) in [6.45, 7) is 1.99. The van der Waals surface area contributed by atoms with E-state index in [4.69, 9.17) is 10.5 Å². The number of methoxy groups -OCH3 is 1. The monoisotopic (exact) mass is 180 g/mol. The molecule has 0 spiro atoms. The molecule has 0 radical (unpaired) electrons. The van der Waals surface area contributed by atoms with Crippen molar-refractivity contribution in [3.63, 3.8) is 0 Å². The van der Waals surface area contributed by atoms with Crippen LogP contribution in [0.2, 0.25) is 0 Å². The number of hydrogen-bond acceptors (Lipinski definition) is 3. The van der Waals surface area contributed by atoms with E-state index in [1.165, 1.54) is 0 Å². The van der Waals surface area contributed by atoms with Crippen LogP contribution in [-0.2, 0) is 0 Å². The number of nitrogen functional groups attached to an aromatic ring is 1. The average Bonchev–Trinajstić information content (AvgIpc) is 2.08. The molecule has 1 aromatic rings. The van der Waals surface area contributed by atoms with Gasteiger partial charge in [-0.05, 0) is 18.6 Å². The number of nitrogens with two attached hydrogens (primary N) is 1. The topological polar surface area (TPSA) is 38.5 Å². The molecule has 0 saturated carbocycles. The molecule has 2 N–H and O–H groups in total. The number of benzene rings is 1. The summed E-state index contributed by atoms with van der Waals surface area (Å²) in [6.07, 6.45) is 0. The Morgan fingerprint density at radius 3 is 2.38 bits per heavy atom. The van der Waals surface area contributed by atoms with Crippen molar-refractivity contribution in [1.29, 1.82) is 0 Å². The summed E-state index contributed by atoms with van der Waals surface area (Å²) in [4.78, 5) is 2.01. The van der Waals surface area contributed by atoms with Gasteiger partial charge in [0.15, 0.2) is 0 Å². The van der Waals surface area contributed by atoms with Crippen molar-refractivity contribution in [2.75, 3.05) is 31.8 Å². The van der Waals surface area contributed by atoms with E-state index in [1.54, 1.807) is 7.11 Å². The molecule has 3 heteroatoms. The zero-order chi connectivity index (χ0) is 10.0. The Morgan fingerprint density at radius 2 is 1.92 bits per heavy atom. The van der Waals surface area contributed by atoms with Crippen LogP contribution in [0.4, 0.5) is 11.4 Å². The molecule has 0 amide bonds. The van der Waals surface area contributed by atoms with E-state index in [1.807, 2.05) is 38.1 Å². The zero-order valence-corrected chi connectivity index (χ0v) is 8.59. The van der Waals surface area contributed by atoms with Gasteiger partial charge in [-0.15, -0.1) is 0 Å². The van der Waals surface area contributed by atoms with Gasteiger partial charge >= 0.3 is 0 Å². The third-order valence-electron chi connectivity index (χ3n) is 2.05. The van der Waals surface area contributed by atoms with Crippen LogP contribution in [0.15, 0.2) is 12.1 Å². The molecule has 0 heterocycles. The second-order valence-electron chi connectivity index (χ2n) is 3.28. The van der Waals surface area contributed by atoms with Crippen molar-refractivity contribution in [1.82, 2.24) is 0 Å². The second-order valence-corrected chi connectivity index (χ2v) is 3.28. The van der Waals surface area contributed by atoms with Crippen molar-refractivity contribution >= 4 is 11.4 Å². The molecule has 0 aliphatic heterocycles. The molecule has 0 aromatic heterocycles. The highest BCUT2D eigenvalue weighted by atomic mass is 16.5. The van der Waals surface area contributed by atoms with Gasteiger partial charge in [-0.25, -0.2) is 0 Å². The van der Waals surface area contributed by atoms with Crippen molar-refractivity contribution < 1.29 is 4.74 Å². The molecule has 1 aromatic carbocycles. The van der Waals surface area contributed by atoms with Gasteiger partial charge in [0.1, 0.15) is 5.75 Å². The molecule has 0 saturated heterocycles. The van der Waals surface area contributed by atoms with E-state index >= 15 is 0 Å². The van der Waals surface area contributed by atoms with E-state index in [2.05, 4.69) is 0 Å². The fourth-order valence-corrected chi connectivity index (χ4v) is 1.20. The third kappa shape index (κ3) is 1.86. The Balaban J connectivity index is 3.25. The molecule has 0 aliphatic rings. The first-order valence-electron chi connectivity index (χ1n) is 4.17. The van der Waals surface area contributed by atoms with Gasteiger partial charge in [0, 0.05) is 25.8 Å². The Bertz CT molecular complexity index is 308. The number of aryl methyl sites for hydroxylation is 1. The summed E-state index contributed by atoms with van der Waals surface area (Å²) in [7, 11) is 5.61. The molecule has 0 bridgehead atoms. The minimum absolute atomic E-state index is 0.766. The third-order valence-corrected chi connectivity index (χ3v) is 2.05. The van der Waals surface area contributed by atoms with Crippen LogP contribution in [0.1, 0.15) is 5.56 Å². The number of anilines is 2. The summed E-state index contributed by atoms with van der Waals surface area (Å²) in [5.41, 5.74) is 8.66. The normalized spacial score (nSPS) is 9.85. The van der Waals surface area contributed by atoms with Crippen molar-refractivity contribution in [2.24, 2.45) is 0 Å². The van der Waals surface area contributed by atoms with E-state index in [-0.39, 0.29) is 0 Å². The van der Waals surface area contributed by atoms with Gasteiger partial charge in [-0.3, -0.25) is 0 Å². The lowest BCUT2D eigenvalue weighted by Gasteiger charge is -2.18. The molecule has 0 aliphatic carbocycles. The minimum Gasteiger partial charge on any atom is -0.495 e. The summed E-state index contributed by atoms with van der Waals surface area (Å²) < 4.78 is 5.22. The first-order valence-corrected chi connectivity index (χ1v) is 4.17. The first kappa shape index (κ1) is 9.71. The van der Waals surface area contributed by atoms with Gasteiger partial charge in [0.2, 0.25) is 0 Å². The molecular weight excluding hydrogens is 164 g/mol. The Morgan fingerprint density at radius 1 is 1.31 bits per heavy atom. The largest absolute Gasteiger partial charge is 0.495 e. The van der Waals surface area contributed by atoms with Gasteiger partial charge in [0.05, 0.1) is 12.8 Å². The zero-order valence-electron chi connectivity index (χ0n) is 8.59. The molecule has 1 rings (SSSR count). The maximum absolute atomic E-state index is 5.77. The Kier molecular flexibility index (Phi) is 2.66. The molecule has 0 fully saturated rings. The van der Waals surface area contributed by atoms with Crippen molar-refractivity contribution in [3.8, 4) is 5.75 Å². The number of hydrogen-bond donors (Lipinski definition) is 1. The number of rotatable bonds is 2. The van der Waals surface area contributed by atoms with Crippen LogP contribution in [-0.4, -0.2) is 21.2 Å². The SMILES string of the molecule is COc1cc(N)c(C)cc1N(C)C. The molecular formula is C10H16N2O. The Labute approximate surface area is 79.1 Å². The van der Waals surface area contributed by atoms with Crippen LogP contribution in [0.3, 0.4) is 0 Å². The molecule has 13 heavy (non-hydrogen) atoms. The maximum Gasteiger partial charge on any atom is 0.144 e. The molecule has 72 valence electrons. The smallest absolute Gasteiger partial charge is 0.144 e. The highest BCUT2D eigenvalue weighted by molar-refractivity contribution is 5.66. The van der Waals surface area contributed by atoms with Crippen LogP contribution in [0, 0.1) is 6.92 Å². The van der Waals surface area contributed by atoms with Crippen LogP contribution >= 0.6 is 0 Å². The van der Waals surface area contributed by atoms with E-state index in [9.17, 15) is 0 Å². The second kappa shape index (κ2) is 3.56. The number of ether oxygens (including phenoxy) is 1. The summed E-state index contributed by atoms with van der Waals surface area (Å²) in [5, 5.41) is 0. The van der Waals surface area contributed by atoms with Crippen molar-refractivity contribution in [2.45, 2.75) is 6.92 Å². The van der Waals surface area contributed by atoms with Gasteiger partial charge in [0.25, 0.3) is 0 Å². The molecule has 3 nitrogen and oxygen atoms in total. The summed E-state index contributed by atoms with van der Waals surface area (Å²) >= 11 is 0. The van der Waals surface area contributed by atoms with Gasteiger partial charge in [-0.2, -0.15) is 0 Å². The van der Waals surface area contributed by atoms with Crippen LogP contribution < -0.4 is 15.4 Å². The van der Waals surface area contributed by atoms with Crippen LogP contribution in [0.5, 0.6) is 5.75 Å². The lowest BCUT2D eigenvalue weighted by molar-refractivity contribution is 0.415. The van der Waals surface area contributed by atoms with E-state index in [0.29, 0.717) is 0 Å². The fraction of sp³-hybridized carbons (Fsp3) is 0.400. The predicted octanol–water partition coefficient (Wildman–Crippen LogP) is 1.65. The lowest BCUT2D eigenvalue weighted by atomic mass is 10.1. The predicted molar refractivity (Wildman–Crippen MR) is 56.5 cm³/mol. The first-order chi connectivity index (χ1) is 6.06. The average molecular weight is 180 g/mol. The number of nitrogens with zero attached hydrogens (tertiary/aromatic N) is 1. The lowest BCUT2D eigenvalue weighted by Crippen LogP contribution is -2.10. The minimum atomic E-state index is 0.766. The quantitative estimate of drug-likeness (QED) is 0.703. The molecule has 0 unspecified atom stereocenters. The van der Waals surface area contributed by atoms with Crippen molar-refractivity contribution in [3.05, 3.63) is 17.7 Å². The molecule has 0 atom stereocenters. The maximum atomic E-state index is 5.77. The fourth-order valence-electron chi connectivity index (χ4n) is 1.20.